The fourth-order valence-corrected chi connectivity index (χ4v) is 1.99. The van der Waals surface area contributed by atoms with Gasteiger partial charge in [-0.15, -0.1) is 0 Å². The average Bonchev–Trinajstić information content (AvgIpc) is 2.27. The number of aliphatic carboxylic acids is 1. The van der Waals surface area contributed by atoms with Crippen molar-refractivity contribution >= 4 is 5.97 Å². The van der Waals surface area contributed by atoms with Crippen LogP contribution in [0.15, 0.2) is 12.1 Å². The molecule has 0 heterocycles. The van der Waals surface area contributed by atoms with Gasteiger partial charge in [0, 0.05) is 6.42 Å². The number of rotatable bonds is 6. The molecule has 0 fully saturated rings. The van der Waals surface area contributed by atoms with E-state index in [0.29, 0.717) is 18.9 Å². The first-order chi connectivity index (χ1) is 8.45. The number of carboxylic acid groups (broad SMARTS) is 1. The highest BCUT2D eigenvalue weighted by Gasteiger charge is 2.12. The van der Waals surface area contributed by atoms with Gasteiger partial charge in [-0.25, -0.2) is 0 Å². The minimum atomic E-state index is -0.755. The van der Waals surface area contributed by atoms with Crippen LogP contribution in [0, 0.1) is 6.92 Å². The molecular weight excluding hydrogens is 228 g/mol. The van der Waals surface area contributed by atoms with E-state index in [1.165, 1.54) is 0 Å². The molecule has 0 saturated carbocycles. The Labute approximate surface area is 109 Å². The van der Waals surface area contributed by atoms with Gasteiger partial charge >= 0.3 is 5.97 Å². The van der Waals surface area contributed by atoms with Crippen LogP contribution in [0.5, 0.6) is 5.75 Å². The second-order valence-electron chi connectivity index (χ2n) is 4.80. The van der Waals surface area contributed by atoms with E-state index in [2.05, 4.69) is 19.9 Å². The van der Waals surface area contributed by atoms with Crippen molar-refractivity contribution in [1.29, 1.82) is 0 Å². The summed E-state index contributed by atoms with van der Waals surface area (Å²) in [5.41, 5.74) is 3.36. The van der Waals surface area contributed by atoms with Gasteiger partial charge in [-0.1, -0.05) is 19.9 Å². The van der Waals surface area contributed by atoms with E-state index in [1.54, 1.807) is 0 Å². The highest BCUT2D eigenvalue weighted by molar-refractivity contribution is 5.67. The molecule has 1 aromatic carbocycles. The van der Waals surface area contributed by atoms with Crippen molar-refractivity contribution in [2.75, 3.05) is 6.61 Å². The van der Waals surface area contributed by atoms with Gasteiger partial charge in [0.25, 0.3) is 0 Å². The molecule has 0 bridgehead atoms. The number of ether oxygens (including phenoxy) is 1. The van der Waals surface area contributed by atoms with Crippen LogP contribution in [-0.4, -0.2) is 17.7 Å². The fraction of sp³-hybridized carbons (Fsp3) is 0.533. The Hall–Kier alpha value is -1.51. The van der Waals surface area contributed by atoms with Crippen LogP contribution in [0.25, 0.3) is 0 Å². The molecule has 0 aliphatic heterocycles. The lowest BCUT2D eigenvalue weighted by Gasteiger charge is -2.17. The molecule has 3 heteroatoms. The molecule has 0 aromatic heterocycles. The van der Waals surface area contributed by atoms with Crippen LogP contribution >= 0.6 is 0 Å². The second kappa shape index (κ2) is 6.43. The molecule has 3 nitrogen and oxygen atoms in total. The minimum absolute atomic E-state index is 0.173. The first kappa shape index (κ1) is 14.6. The van der Waals surface area contributed by atoms with Crippen molar-refractivity contribution < 1.29 is 14.6 Å². The zero-order valence-electron chi connectivity index (χ0n) is 11.6. The summed E-state index contributed by atoms with van der Waals surface area (Å²) in [5.74, 6) is 0.536. The third-order valence-electron chi connectivity index (χ3n) is 3.00. The fourth-order valence-electron chi connectivity index (χ4n) is 1.99. The maximum atomic E-state index is 10.6. The second-order valence-corrected chi connectivity index (χ2v) is 4.80. The number of aryl methyl sites for hydroxylation is 2. The molecule has 0 aliphatic rings. The highest BCUT2D eigenvalue weighted by atomic mass is 16.5. The Morgan fingerprint density at radius 1 is 1.39 bits per heavy atom. The predicted molar refractivity (Wildman–Crippen MR) is 72.4 cm³/mol. The molecule has 1 aromatic rings. The Kier molecular flexibility index (Phi) is 5.20. The lowest BCUT2D eigenvalue weighted by atomic mass is 9.94. The van der Waals surface area contributed by atoms with E-state index in [4.69, 9.17) is 9.84 Å². The number of hydrogen-bond acceptors (Lipinski definition) is 2. The molecule has 0 aliphatic carbocycles. The van der Waals surface area contributed by atoms with Crippen molar-refractivity contribution in [2.24, 2.45) is 0 Å². The molecule has 0 radical (unpaired) electrons. The zero-order chi connectivity index (χ0) is 13.7. The van der Waals surface area contributed by atoms with Crippen LogP contribution in [0.3, 0.4) is 0 Å². The topological polar surface area (TPSA) is 46.5 Å². The quantitative estimate of drug-likeness (QED) is 0.840. The summed E-state index contributed by atoms with van der Waals surface area (Å²) < 4.78 is 5.64. The van der Waals surface area contributed by atoms with Gasteiger partial charge in [-0.3, -0.25) is 4.79 Å². The number of carbonyl (C=O) groups is 1. The lowest BCUT2D eigenvalue weighted by molar-refractivity contribution is -0.136. The number of carboxylic acids is 1. The lowest BCUT2D eigenvalue weighted by Crippen LogP contribution is -2.03. The van der Waals surface area contributed by atoms with Gasteiger partial charge in [0.2, 0.25) is 0 Å². The van der Waals surface area contributed by atoms with E-state index in [1.807, 2.05) is 19.9 Å². The van der Waals surface area contributed by atoms with Crippen molar-refractivity contribution in [1.82, 2.24) is 0 Å². The molecule has 100 valence electrons. The van der Waals surface area contributed by atoms with E-state index in [9.17, 15) is 4.79 Å². The smallest absolute Gasteiger partial charge is 0.303 e. The van der Waals surface area contributed by atoms with E-state index in [0.717, 1.165) is 22.4 Å². The molecule has 1 rings (SSSR count). The predicted octanol–water partition coefficient (Wildman–Crippen LogP) is 3.53. The average molecular weight is 250 g/mol. The van der Waals surface area contributed by atoms with Gasteiger partial charge in [0.15, 0.2) is 0 Å². The molecular formula is C15H22O3. The Balaban J connectivity index is 3.06. The summed E-state index contributed by atoms with van der Waals surface area (Å²) >= 11 is 0. The van der Waals surface area contributed by atoms with Crippen molar-refractivity contribution in [2.45, 2.75) is 46.5 Å². The minimum Gasteiger partial charge on any atom is -0.494 e. The summed E-state index contributed by atoms with van der Waals surface area (Å²) in [6.07, 6.45) is 0.750. The summed E-state index contributed by atoms with van der Waals surface area (Å²) in [4.78, 5) is 10.6. The maximum Gasteiger partial charge on any atom is 0.303 e. The molecule has 0 amide bonds. The Bertz CT molecular complexity index is 422. The van der Waals surface area contributed by atoms with Crippen LogP contribution in [0.2, 0.25) is 0 Å². The third kappa shape index (κ3) is 3.76. The van der Waals surface area contributed by atoms with Gasteiger partial charge in [-0.2, -0.15) is 0 Å². The molecule has 18 heavy (non-hydrogen) atoms. The highest BCUT2D eigenvalue weighted by Crippen LogP contribution is 2.30. The van der Waals surface area contributed by atoms with Gasteiger partial charge in [0.05, 0.1) is 6.61 Å². The van der Waals surface area contributed by atoms with Crippen LogP contribution in [0.4, 0.5) is 0 Å². The normalized spacial score (nSPS) is 10.7. The van der Waals surface area contributed by atoms with Crippen molar-refractivity contribution in [3.8, 4) is 5.75 Å². The first-order valence-corrected chi connectivity index (χ1v) is 6.43. The maximum absolute atomic E-state index is 10.6. The van der Waals surface area contributed by atoms with E-state index in [-0.39, 0.29) is 6.42 Å². The van der Waals surface area contributed by atoms with Crippen LogP contribution < -0.4 is 4.74 Å². The molecule has 0 atom stereocenters. The monoisotopic (exact) mass is 250 g/mol. The Morgan fingerprint density at radius 3 is 2.56 bits per heavy atom. The summed E-state index contributed by atoms with van der Waals surface area (Å²) in [5, 5.41) is 8.76. The van der Waals surface area contributed by atoms with Crippen LogP contribution in [-0.2, 0) is 11.2 Å². The summed E-state index contributed by atoms with van der Waals surface area (Å²) in [6, 6.07) is 4.12. The summed E-state index contributed by atoms with van der Waals surface area (Å²) in [7, 11) is 0. The Morgan fingerprint density at radius 2 is 2.06 bits per heavy atom. The molecule has 1 N–H and O–H groups in total. The number of hydrogen-bond donors (Lipinski definition) is 1. The van der Waals surface area contributed by atoms with E-state index >= 15 is 0 Å². The molecule has 0 unspecified atom stereocenters. The van der Waals surface area contributed by atoms with E-state index < -0.39 is 5.97 Å². The van der Waals surface area contributed by atoms with Gasteiger partial charge < -0.3 is 9.84 Å². The number of benzene rings is 1. The molecule has 0 saturated heterocycles. The molecule has 0 spiro atoms. The van der Waals surface area contributed by atoms with Gasteiger partial charge in [0.1, 0.15) is 5.75 Å². The van der Waals surface area contributed by atoms with Crippen molar-refractivity contribution in [3.63, 3.8) is 0 Å². The van der Waals surface area contributed by atoms with Crippen LogP contribution in [0.1, 0.15) is 49.8 Å². The first-order valence-electron chi connectivity index (χ1n) is 6.43. The third-order valence-corrected chi connectivity index (χ3v) is 3.00. The largest absolute Gasteiger partial charge is 0.494 e. The zero-order valence-corrected chi connectivity index (χ0v) is 11.6. The van der Waals surface area contributed by atoms with Crippen molar-refractivity contribution in [3.05, 3.63) is 28.8 Å². The summed E-state index contributed by atoms with van der Waals surface area (Å²) in [6.45, 7) is 8.86. The SMILES string of the molecule is CCOc1cc(C)c(CCC(=O)O)cc1C(C)C. The van der Waals surface area contributed by atoms with Gasteiger partial charge in [-0.05, 0) is 48.9 Å². The standard InChI is InChI=1S/C15H22O3/c1-5-18-14-8-11(4)12(6-7-15(16)17)9-13(14)10(2)3/h8-10H,5-7H2,1-4H3,(H,16,17).